The Bertz CT molecular complexity index is 958. The van der Waals surface area contributed by atoms with E-state index in [1.165, 1.54) is 0 Å². The van der Waals surface area contributed by atoms with Gasteiger partial charge in [0.15, 0.2) is 23.0 Å². The van der Waals surface area contributed by atoms with Crippen LogP contribution in [0.15, 0.2) is 24.3 Å². The van der Waals surface area contributed by atoms with Gasteiger partial charge in [0.25, 0.3) is 0 Å². The first-order valence-electron chi connectivity index (χ1n) is 9.39. The molecule has 2 heterocycles. The zero-order chi connectivity index (χ0) is 20.1. The van der Waals surface area contributed by atoms with E-state index >= 15 is 0 Å². The number of esters is 1. The van der Waals surface area contributed by atoms with Crippen LogP contribution >= 0.6 is 0 Å². The van der Waals surface area contributed by atoms with Crippen molar-refractivity contribution in [1.82, 2.24) is 0 Å². The van der Waals surface area contributed by atoms with E-state index in [1.807, 2.05) is 24.3 Å². The van der Waals surface area contributed by atoms with Crippen molar-refractivity contribution < 1.29 is 33.2 Å². The molecule has 1 saturated heterocycles. The second-order valence-electron chi connectivity index (χ2n) is 7.26. The minimum atomic E-state index is -0.328. The van der Waals surface area contributed by atoms with Crippen LogP contribution in [-0.4, -0.2) is 40.7 Å². The second kappa shape index (κ2) is 6.76. The Morgan fingerprint density at radius 2 is 1.59 bits per heavy atom. The van der Waals surface area contributed by atoms with E-state index in [0.717, 1.165) is 16.7 Å². The van der Waals surface area contributed by atoms with Gasteiger partial charge in [0.1, 0.15) is 0 Å². The number of carbonyl (C=O) groups is 1. The first-order valence-corrected chi connectivity index (χ1v) is 9.39. The van der Waals surface area contributed by atoms with E-state index in [-0.39, 0.29) is 30.5 Å². The van der Waals surface area contributed by atoms with Crippen LogP contribution in [0.25, 0.3) is 0 Å². The zero-order valence-corrected chi connectivity index (χ0v) is 16.4. The van der Waals surface area contributed by atoms with E-state index in [1.54, 1.807) is 21.3 Å². The summed E-state index contributed by atoms with van der Waals surface area (Å²) in [6, 6.07) is 7.73. The largest absolute Gasteiger partial charge is 0.493 e. The highest BCUT2D eigenvalue weighted by atomic mass is 16.7. The monoisotopic (exact) mass is 397 g/mol. The molecule has 7 heteroatoms. The van der Waals surface area contributed by atoms with Crippen molar-refractivity contribution in [3.05, 3.63) is 47.4 Å². The number of methoxy groups -OCH3 is 3. The Hall–Kier alpha value is -3.09. The molecule has 0 amide bonds. The van der Waals surface area contributed by atoms with Crippen LogP contribution in [-0.2, 0) is 9.53 Å². The summed E-state index contributed by atoms with van der Waals surface area (Å²) in [7, 11) is 4.72. The maximum Gasteiger partial charge on any atom is 0.310 e. The Morgan fingerprint density at radius 3 is 2.24 bits per heavy atom. The maximum absolute atomic E-state index is 12.7. The minimum absolute atomic E-state index is 0.0144. The second-order valence-corrected chi connectivity index (χ2v) is 7.26. The third kappa shape index (κ3) is 2.68. The van der Waals surface area contributed by atoms with Crippen LogP contribution in [0.5, 0.6) is 28.7 Å². The molecule has 2 aliphatic heterocycles. The van der Waals surface area contributed by atoms with Crippen molar-refractivity contribution in [3.63, 3.8) is 0 Å². The van der Waals surface area contributed by atoms with Crippen molar-refractivity contribution >= 4 is 5.97 Å². The van der Waals surface area contributed by atoms with E-state index < -0.39 is 0 Å². The molecule has 29 heavy (non-hydrogen) atoms. The van der Waals surface area contributed by atoms with Gasteiger partial charge < -0.3 is 28.4 Å². The lowest BCUT2D eigenvalue weighted by Gasteiger charge is -2.33. The number of ether oxygens (including phenoxy) is 6. The van der Waals surface area contributed by atoms with Crippen LogP contribution in [0.3, 0.4) is 0 Å². The Morgan fingerprint density at radius 1 is 0.897 bits per heavy atom. The van der Waals surface area contributed by atoms with Crippen LogP contribution in [0, 0.1) is 18.3 Å². The van der Waals surface area contributed by atoms with Gasteiger partial charge in [0.2, 0.25) is 12.5 Å². The van der Waals surface area contributed by atoms with Gasteiger partial charge in [-0.2, -0.15) is 0 Å². The van der Waals surface area contributed by atoms with E-state index in [2.05, 4.69) is 6.42 Å². The normalized spacial score (nSPS) is 23.8. The number of hydrogen-bond acceptors (Lipinski definition) is 7. The summed E-state index contributed by atoms with van der Waals surface area (Å²) in [6.45, 7) is 0.570. The SMILES string of the molecule is COc1cc([C@@H]2c3cc4c(cc3[CH][C@H]3COC(=O)[C@@H]23)OCO4)cc(OC)c1OC. The van der Waals surface area contributed by atoms with Gasteiger partial charge in [-0.15, -0.1) is 0 Å². The standard InChI is InChI=1S/C22H21O7/c1-24-17-6-12(7-18(25-2)21(17)26-3)19-14-8-16-15(28-10-29-16)5-11(14)4-13-9-27-22(23)20(13)19/h4-8,13,19-20H,9-10H2,1-3H3/t13-,19+,20+/m0/s1. The molecule has 3 aliphatic rings. The van der Waals surface area contributed by atoms with Crippen molar-refractivity contribution in [2.75, 3.05) is 34.7 Å². The lowest BCUT2D eigenvalue weighted by atomic mass is 9.67. The van der Waals surface area contributed by atoms with Crippen LogP contribution < -0.4 is 23.7 Å². The van der Waals surface area contributed by atoms with Crippen LogP contribution in [0.4, 0.5) is 0 Å². The van der Waals surface area contributed by atoms with E-state index in [4.69, 9.17) is 28.4 Å². The summed E-state index contributed by atoms with van der Waals surface area (Å²) in [4.78, 5) is 12.7. The topological polar surface area (TPSA) is 72.5 Å². The molecule has 5 rings (SSSR count). The third-order valence-corrected chi connectivity index (χ3v) is 5.86. The molecule has 1 aliphatic carbocycles. The fraction of sp³-hybridized carbons (Fsp3) is 0.364. The predicted molar refractivity (Wildman–Crippen MR) is 102 cm³/mol. The average Bonchev–Trinajstić information content (AvgIpc) is 3.35. The molecule has 0 aromatic heterocycles. The van der Waals surface area contributed by atoms with Crippen molar-refractivity contribution in [2.45, 2.75) is 5.92 Å². The number of carbonyl (C=O) groups excluding carboxylic acids is 1. The fourth-order valence-corrected chi connectivity index (χ4v) is 4.57. The summed E-state index contributed by atoms with van der Waals surface area (Å²) in [6.07, 6.45) is 2.10. The van der Waals surface area contributed by atoms with Gasteiger partial charge in [0, 0.05) is 11.8 Å². The summed E-state index contributed by atoms with van der Waals surface area (Å²) < 4.78 is 33.1. The van der Waals surface area contributed by atoms with E-state index in [9.17, 15) is 4.79 Å². The molecule has 2 aromatic carbocycles. The Labute approximate surface area is 168 Å². The molecule has 3 atom stereocenters. The van der Waals surface area contributed by atoms with Crippen molar-refractivity contribution in [3.8, 4) is 28.7 Å². The highest BCUT2D eigenvalue weighted by molar-refractivity contribution is 5.79. The number of cyclic esters (lactones) is 1. The van der Waals surface area contributed by atoms with Crippen molar-refractivity contribution in [1.29, 1.82) is 0 Å². The van der Waals surface area contributed by atoms with Gasteiger partial charge in [-0.1, -0.05) is 0 Å². The number of rotatable bonds is 4. The summed E-state index contributed by atoms with van der Waals surface area (Å²) in [5.41, 5.74) is 2.90. The van der Waals surface area contributed by atoms with Gasteiger partial charge in [-0.05, 0) is 47.4 Å². The lowest BCUT2D eigenvalue weighted by Crippen LogP contribution is -2.30. The number of fused-ring (bicyclic) bond motifs is 3. The first-order chi connectivity index (χ1) is 14.1. The number of benzene rings is 2. The Balaban J connectivity index is 1.71. The molecule has 2 aromatic rings. The third-order valence-electron chi connectivity index (χ3n) is 5.86. The molecule has 0 N–H and O–H groups in total. The molecule has 7 nitrogen and oxygen atoms in total. The zero-order valence-electron chi connectivity index (χ0n) is 16.4. The molecule has 0 bridgehead atoms. The Kier molecular flexibility index (Phi) is 4.19. The molecule has 0 spiro atoms. The summed E-state index contributed by atoms with van der Waals surface area (Å²) in [5, 5.41) is 0. The minimum Gasteiger partial charge on any atom is -0.493 e. The quantitative estimate of drug-likeness (QED) is 0.735. The molecule has 1 fully saturated rings. The van der Waals surface area contributed by atoms with Gasteiger partial charge >= 0.3 is 5.97 Å². The molecule has 151 valence electrons. The van der Waals surface area contributed by atoms with E-state index in [0.29, 0.717) is 35.4 Å². The fourth-order valence-electron chi connectivity index (χ4n) is 4.57. The van der Waals surface area contributed by atoms with Crippen LogP contribution in [0.1, 0.15) is 22.6 Å². The highest BCUT2D eigenvalue weighted by Gasteiger charge is 2.48. The van der Waals surface area contributed by atoms with Gasteiger partial charge in [0.05, 0.1) is 33.9 Å². The van der Waals surface area contributed by atoms with Crippen molar-refractivity contribution in [2.24, 2.45) is 11.8 Å². The summed E-state index contributed by atoms with van der Waals surface area (Å²) >= 11 is 0. The van der Waals surface area contributed by atoms with Crippen LogP contribution in [0.2, 0.25) is 0 Å². The molecule has 0 unspecified atom stereocenters. The molecular weight excluding hydrogens is 376 g/mol. The first kappa shape index (κ1) is 18.0. The lowest BCUT2D eigenvalue weighted by molar-refractivity contribution is -0.141. The molecular formula is C22H21O7. The molecule has 1 radical (unpaired) electrons. The maximum atomic E-state index is 12.7. The average molecular weight is 397 g/mol. The highest BCUT2D eigenvalue weighted by Crippen LogP contribution is 2.53. The van der Waals surface area contributed by atoms with Gasteiger partial charge in [-0.25, -0.2) is 0 Å². The molecule has 0 saturated carbocycles. The summed E-state index contributed by atoms with van der Waals surface area (Å²) in [5.74, 6) is 2.21. The number of hydrogen-bond donors (Lipinski definition) is 0. The van der Waals surface area contributed by atoms with Gasteiger partial charge in [-0.3, -0.25) is 4.79 Å². The smallest absolute Gasteiger partial charge is 0.310 e. The predicted octanol–water partition coefficient (Wildman–Crippen LogP) is 2.93.